The van der Waals surface area contributed by atoms with Gasteiger partial charge in [-0.3, -0.25) is 0 Å². The molecule has 0 aromatic heterocycles. The van der Waals surface area contributed by atoms with Gasteiger partial charge in [-0.2, -0.15) is 0 Å². The first-order chi connectivity index (χ1) is 7.31. The summed E-state index contributed by atoms with van der Waals surface area (Å²) in [6, 6.07) is 0.893. The molecule has 1 heteroatoms. The summed E-state index contributed by atoms with van der Waals surface area (Å²) >= 11 is 0. The van der Waals surface area contributed by atoms with Crippen LogP contribution in [0, 0.1) is 17.8 Å². The minimum atomic E-state index is 0.893. The van der Waals surface area contributed by atoms with E-state index in [9.17, 15) is 0 Å². The molecule has 2 saturated carbocycles. The fourth-order valence-electron chi connectivity index (χ4n) is 3.15. The maximum Gasteiger partial charge on any atom is 0.00683 e. The van der Waals surface area contributed by atoms with Crippen LogP contribution < -0.4 is 5.32 Å². The molecule has 0 heterocycles. The van der Waals surface area contributed by atoms with Crippen molar-refractivity contribution in [2.75, 3.05) is 6.54 Å². The van der Waals surface area contributed by atoms with Crippen LogP contribution in [0.4, 0.5) is 0 Å². The molecule has 0 spiro atoms. The van der Waals surface area contributed by atoms with Crippen molar-refractivity contribution in [2.45, 2.75) is 64.8 Å². The summed E-state index contributed by atoms with van der Waals surface area (Å²) in [5, 5.41) is 3.74. The van der Waals surface area contributed by atoms with Gasteiger partial charge in [0.1, 0.15) is 0 Å². The molecule has 0 radical (unpaired) electrons. The number of rotatable bonds is 5. The lowest BCUT2D eigenvalue weighted by molar-refractivity contribution is 0.163. The summed E-state index contributed by atoms with van der Waals surface area (Å²) in [7, 11) is 0. The van der Waals surface area contributed by atoms with Crippen molar-refractivity contribution in [1.29, 1.82) is 0 Å². The van der Waals surface area contributed by atoms with Crippen LogP contribution in [0.1, 0.15) is 58.8 Å². The van der Waals surface area contributed by atoms with Gasteiger partial charge in [0.25, 0.3) is 0 Å². The lowest BCUT2D eigenvalue weighted by Gasteiger charge is -2.35. The zero-order valence-electron chi connectivity index (χ0n) is 10.5. The second-order valence-electron chi connectivity index (χ2n) is 5.78. The molecule has 1 N–H and O–H groups in total. The molecule has 2 fully saturated rings. The van der Waals surface area contributed by atoms with E-state index in [2.05, 4.69) is 19.2 Å². The van der Waals surface area contributed by atoms with Gasteiger partial charge in [0, 0.05) is 6.04 Å². The van der Waals surface area contributed by atoms with Crippen molar-refractivity contribution in [3.05, 3.63) is 0 Å². The summed E-state index contributed by atoms with van der Waals surface area (Å²) < 4.78 is 0. The van der Waals surface area contributed by atoms with Crippen molar-refractivity contribution in [1.82, 2.24) is 5.32 Å². The Morgan fingerprint density at radius 1 is 1.13 bits per heavy atom. The fourth-order valence-corrected chi connectivity index (χ4v) is 3.15. The van der Waals surface area contributed by atoms with E-state index in [4.69, 9.17) is 0 Å². The molecule has 0 aliphatic heterocycles. The van der Waals surface area contributed by atoms with E-state index in [1.165, 1.54) is 51.5 Å². The third kappa shape index (κ3) is 3.21. The second-order valence-corrected chi connectivity index (χ2v) is 5.78. The Kier molecular flexibility index (Phi) is 4.07. The van der Waals surface area contributed by atoms with Crippen LogP contribution in [-0.4, -0.2) is 12.6 Å². The van der Waals surface area contributed by atoms with Gasteiger partial charge in [-0.05, 0) is 50.0 Å². The lowest BCUT2D eigenvalue weighted by Crippen LogP contribution is -2.34. The number of hydrogen-bond donors (Lipinski definition) is 1. The summed E-state index contributed by atoms with van der Waals surface area (Å²) in [6.45, 7) is 6.12. The highest BCUT2D eigenvalue weighted by Gasteiger charge is 2.30. The van der Waals surface area contributed by atoms with Crippen LogP contribution in [0.15, 0.2) is 0 Å². The van der Waals surface area contributed by atoms with Crippen molar-refractivity contribution in [3.8, 4) is 0 Å². The SMILES string of the molecule is CCC(C)C1CCCCC1CNC1CC1. The lowest BCUT2D eigenvalue weighted by atomic mass is 9.72. The van der Waals surface area contributed by atoms with Crippen LogP contribution in [-0.2, 0) is 0 Å². The van der Waals surface area contributed by atoms with Crippen LogP contribution in [0.2, 0.25) is 0 Å². The van der Waals surface area contributed by atoms with Gasteiger partial charge < -0.3 is 5.32 Å². The molecular formula is C14H27N. The largest absolute Gasteiger partial charge is 0.314 e. The molecule has 0 aromatic carbocycles. The molecule has 3 unspecified atom stereocenters. The van der Waals surface area contributed by atoms with E-state index in [0.29, 0.717) is 0 Å². The quantitative estimate of drug-likeness (QED) is 0.729. The van der Waals surface area contributed by atoms with Crippen LogP contribution in [0.25, 0.3) is 0 Å². The molecule has 0 amide bonds. The van der Waals surface area contributed by atoms with E-state index >= 15 is 0 Å². The Morgan fingerprint density at radius 2 is 1.87 bits per heavy atom. The first kappa shape index (κ1) is 11.4. The maximum atomic E-state index is 3.74. The van der Waals surface area contributed by atoms with Gasteiger partial charge in [-0.1, -0.05) is 33.1 Å². The smallest absolute Gasteiger partial charge is 0.00683 e. The normalized spacial score (nSPS) is 34.0. The Balaban J connectivity index is 1.80. The Hall–Kier alpha value is -0.0400. The Labute approximate surface area is 95.0 Å². The van der Waals surface area contributed by atoms with Crippen molar-refractivity contribution in [3.63, 3.8) is 0 Å². The third-order valence-electron chi connectivity index (χ3n) is 4.59. The van der Waals surface area contributed by atoms with Crippen LogP contribution in [0.3, 0.4) is 0 Å². The summed E-state index contributed by atoms with van der Waals surface area (Å²) in [5.74, 6) is 2.93. The zero-order valence-corrected chi connectivity index (χ0v) is 10.5. The average Bonchev–Trinajstić information content (AvgIpc) is 3.09. The number of hydrogen-bond acceptors (Lipinski definition) is 1. The predicted octanol–water partition coefficient (Wildman–Crippen LogP) is 3.59. The topological polar surface area (TPSA) is 12.0 Å². The molecule has 0 saturated heterocycles. The monoisotopic (exact) mass is 209 g/mol. The average molecular weight is 209 g/mol. The molecule has 0 bridgehead atoms. The molecule has 88 valence electrons. The van der Waals surface area contributed by atoms with E-state index in [-0.39, 0.29) is 0 Å². The van der Waals surface area contributed by atoms with Gasteiger partial charge in [0.2, 0.25) is 0 Å². The Morgan fingerprint density at radius 3 is 2.53 bits per heavy atom. The third-order valence-corrected chi connectivity index (χ3v) is 4.59. The first-order valence-corrected chi connectivity index (χ1v) is 7.04. The molecule has 15 heavy (non-hydrogen) atoms. The molecule has 3 atom stereocenters. The summed E-state index contributed by atoms with van der Waals surface area (Å²) in [5.41, 5.74) is 0. The first-order valence-electron chi connectivity index (χ1n) is 7.04. The van der Waals surface area contributed by atoms with Gasteiger partial charge in [0.15, 0.2) is 0 Å². The van der Waals surface area contributed by atoms with Crippen LogP contribution in [0.5, 0.6) is 0 Å². The van der Waals surface area contributed by atoms with E-state index in [1.807, 2.05) is 0 Å². The summed E-state index contributed by atoms with van der Waals surface area (Å²) in [6.07, 6.45) is 10.2. The molecular weight excluding hydrogens is 182 g/mol. The maximum absolute atomic E-state index is 3.74. The fraction of sp³-hybridized carbons (Fsp3) is 1.00. The van der Waals surface area contributed by atoms with Crippen molar-refractivity contribution >= 4 is 0 Å². The molecule has 2 aliphatic carbocycles. The highest BCUT2D eigenvalue weighted by atomic mass is 14.9. The summed E-state index contributed by atoms with van der Waals surface area (Å²) in [4.78, 5) is 0. The van der Waals surface area contributed by atoms with Gasteiger partial charge in [0.05, 0.1) is 0 Å². The molecule has 0 aromatic rings. The Bertz CT molecular complexity index is 186. The second kappa shape index (κ2) is 5.34. The van der Waals surface area contributed by atoms with Crippen LogP contribution >= 0.6 is 0 Å². The minimum absolute atomic E-state index is 0.893. The molecule has 2 rings (SSSR count). The highest BCUT2D eigenvalue weighted by Crippen LogP contribution is 2.36. The van der Waals surface area contributed by atoms with Gasteiger partial charge >= 0.3 is 0 Å². The standard InChI is InChI=1S/C14H27N/c1-3-11(2)14-7-5-4-6-12(14)10-15-13-8-9-13/h11-15H,3-10H2,1-2H3. The molecule has 1 nitrogen and oxygen atoms in total. The van der Waals surface area contributed by atoms with Gasteiger partial charge in [-0.25, -0.2) is 0 Å². The van der Waals surface area contributed by atoms with Crippen molar-refractivity contribution in [2.24, 2.45) is 17.8 Å². The number of nitrogens with one attached hydrogen (secondary N) is 1. The van der Waals surface area contributed by atoms with E-state index < -0.39 is 0 Å². The van der Waals surface area contributed by atoms with E-state index in [0.717, 1.165) is 23.8 Å². The zero-order chi connectivity index (χ0) is 10.7. The predicted molar refractivity (Wildman–Crippen MR) is 65.9 cm³/mol. The van der Waals surface area contributed by atoms with Crippen molar-refractivity contribution < 1.29 is 0 Å². The highest BCUT2D eigenvalue weighted by molar-refractivity contribution is 4.85. The van der Waals surface area contributed by atoms with Gasteiger partial charge in [-0.15, -0.1) is 0 Å². The minimum Gasteiger partial charge on any atom is -0.314 e. The van der Waals surface area contributed by atoms with E-state index in [1.54, 1.807) is 0 Å². The molecule has 2 aliphatic rings.